The van der Waals surface area contributed by atoms with E-state index in [0.717, 1.165) is 16.8 Å². The molecule has 2 aromatic carbocycles. The number of methoxy groups -OCH3 is 1. The van der Waals surface area contributed by atoms with Gasteiger partial charge in [0.25, 0.3) is 0 Å². The van der Waals surface area contributed by atoms with Gasteiger partial charge in [0.2, 0.25) is 0 Å². The fourth-order valence-corrected chi connectivity index (χ4v) is 2.53. The van der Waals surface area contributed by atoms with Crippen LogP contribution in [0.15, 0.2) is 42.5 Å². The van der Waals surface area contributed by atoms with E-state index in [1.165, 1.54) is 13.2 Å². The number of ether oxygens (including phenoxy) is 1. The molecule has 0 amide bonds. The molecule has 112 valence electrons. The van der Waals surface area contributed by atoms with Gasteiger partial charge in [-0.05, 0) is 36.2 Å². The van der Waals surface area contributed by atoms with Crippen LogP contribution in [-0.4, -0.2) is 20.7 Å². The van der Waals surface area contributed by atoms with E-state index in [-0.39, 0.29) is 17.6 Å². The number of para-hydroxylation sites is 1. The third-order valence-corrected chi connectivity index (χ3v) is 3.75. The first-order valence-corrected chi connectivity index (χ1v) is 6.90. The Kier molecular flexibility index (Phi) is 4.81. The minimum absolute atomic E-state index is 0.0912. The van der Waals surface area contributed by atoms with Gasteiger partial charge in [0.15, 0.2) is 11.6 Å². The van der Waals surface area contributed by atoms with Crippen LogP contribution >= 0.6 is 0 Å². The van der Waals surface area contributed by atoms with Crippen molar-refractivity contribution in [2.45, 2.75) is 13.0 Å². The number of anilines is 1. The first-order chi connectivity index (χ1) is 10.1. The van der Waals surface area contributed by atoms with E-state index in [9.17, 15) is 4.39 Å². The highest BCUT2D eigenvalue weighted by atomic mass is 19.1. The Morgan fingerprint density at radius 1 is 1.24 bits per heavy atom. The van der Waals surface area contributed by atoms with E-state index in [2.05, 4.69) is 4.90 Å². The van der Waals surface area contributed by atoms with Gasteiger partial charge >= 0.3 is 0 Å². The number of hydrogen-bond acceptors (Lipinski definition) is 3. The Bertz CT molecular complexity index is 615. The van der Waals surface area contributed by atoms with Gasteiger partial charge in [-0.15, -0.1) is 0 Å². The van der Waals surface area contributed by atoms with Crippen LogP contribution in [0.25, 0.3) is 0 Å². The first kappa shape index (κ1) is 15.3. The van der Waals surface area contributed by atoms with Gasteiger partial charge < -0.3 is 15.4 Å². The van der Waals surface area contributed by atoms with Crippen LogP contribution in [0.3, 0.4) is 0 Å². The summed E-state index contributed by atoms with van der Waals surface area (Å²) in [5, 5.41) is 0. The zero-order valence-corrected chi connectivity index (χ0v) is 12.6. The van der Waals surface area contributed by atoms with Gasteiger partial charge in [-0.2, -0.15) is 0 Å². The molecule has 0 aliphatic carbocycles. The normalized spacial score (nSPS) is 12.0. The van der Waals surface area contributed by atoms with Crippen LogP contribution in [0.2, 0.25) is 0 Å². The molecule has 0 aromatic heterocycles. The molecular formula is C17H21FN2O. The van der Waals surface area contributed by atoms with Crippen molar-refractivity contribution in [3.63, 3.8) is 0 Å². The molecule has 0 bridgehead atoms. The van der Waals surface area contributed by atoms with Gasteiger partial charge in [-0.25, -0.2) is 4.39 Å². The lowest BCUT2D eigenvalue weighted by Gasteiger charge is -2.31. The highest BCUT2D eigenvalue weighted by Gasteiger charge is 2.18. The first-order valence-electron chi connectivity index (χ1n) is 6.90. The molecule has 1 unspecified atom stereocenters. The molecule has 3 nitrogen and oxygen atoms in total. The average molecular weight is 288 g/mol. The lowest BCUT2D eigenvalue weighted by Crippen LogP contribution is -2.31. The number of likely N-dealkylation sites (N-methyl/N-ethyl adjacent to an activating group) is 1. The van der Waals surface area contributed by atoms with Crippen molar-refractivity contribution in [1.82, 2.24) is 0 Å². The number of nitrogens with zero attached hydrogens (tertiary/aromatic N) is 1. The average Bonchev–Trinajstić information content (AvgIpc) is 2.48. The van der Waals surface area contributed by atoms with Gasteiger partial charge in [0.05, 0.1) is 13.2 Å². The summed E-state index contributed by atoms with van der Waals surface area (Å²) in [5.74, 6) is -0.125. The van der Waals surface area contributed by atoms with Crippen LogP contribution in [0.5, 0.6) is 5.75 Å². The van der Waals surface area contributed by atoms with Gasteiger partial charge in [-0.1, -0.05) is 24.3 Å². The van der Waals surface area contributed by atoms with Crippen molar-refractivity contribution >= 4 is 5.69 Å². The van der Waals surface area contributed by atoms with Crippen LogP contribution < -0.4 is 15.4 Å². The fraction of sp³-hybridized carbons (Fsp3) is 0.294. The number of aryl methyl sites for hydroxylation is 1. The van der Waals surface area contributed by atoms with Crippen molar-refractivity contribution in [2.24, 2.45) is 5.73 Å². The number of benzene rings is 2. The maximum absolute atomic E-state index is 13.9. The quantitative estimate of drug-likeness (QED) is 0.917. The van der Waals surface area contributed by atoms with E-state index in [1.54, 1.807) is 6.07 Å². The minimum Gasteiger partial charge on any atom is -0.494 e. The molecule has 2 N–H and O–H groups in total. The van der Waals surface area contributed by atoms with Crippen molar-refractivity contribution in [1.29, 1.82) is 0 Å². The highest BCUT2D eigenvalue weighted by molar-refractivity contribution is 5.54. The lowest BCUT2D eigenvalue weighted by atomic mass is 10.0. The summed E-state index contributed by atoms with van der Waals surface area (Å²) >= 11 is 0. The smallest absolute Gasteiger partial charge is 0.165 e. The molecule has 0 heterocycles. The maximum Gasteiger partial charge on any atom is 0.165 e. The van der Waals surface area contributed by atoms with E-state index < -0.39 is 0 Å². The van der Waals surface area contributed by atoms with Crippen molar-refractivity contribution < 1.29 is 9.13 Å². The van der Waals surface area contributed by atoms with Crippen LogP contribution in [0.1, 0.15) is 17.2 Å². The standard InChI is InChI=1S/C17H21FN2O/c1-12-6-4-5-7-15(12)20(2)16(11-19)13-8-9-17(21-3)14(18)10-13/h4-10,16H,11,19H2,1-3H3. The van der Waals surface area contributed by atoms with Gasteiger partial charge in [0.1, 0.15) is 0 Å². The molecule has 21 heavy (non-hydrogen) atoms. The largest absolute Gasteiger partial charge is 0.494 e. The molecule has 0 saturated carbocycles. The molecule has 0 radical (unpaired) electrons. The van der Waals surface area contributed by atoms with Crippen molar-refractivity contribution in [2.75, 3.05) is 25.6 Å². The molecule has 1 atom stereocenters. The van der Waals surface area contributed by atoms with E-state index in [1.807, 2.05) is 44.3 Å². The predicted molar refractivity (Wildman–Crippen MR) is 84.3 cm³/mol. The molecule has 0 saturated heterocycles. The summed E-state index contributed by atoms with van der Waals surface area (Å²) in [7, 11) is 3.43. The zero-order chi connectivity index (χ0) is 15.4. The maximum atomic E-state index is 13.9. The highest BCUT2D eigenvalue weighted by Crippen LogP contribution is 2.29. The SMILES string of the molecule is COc1ccc(C(CN)N(C)c2ccccc2C)cc1F. The third-order valence-electron chi connectivity index (χ3n) is 3.75. The molecular weight excluding hydrogens is 267 g/mol. The number of halogens is 1. The number of hydrogen-bond donors (Lipinski definition) is 1. The van der Waals surface area contributed by atoms with E-state index in [0.29, 0.717) is 6.54 Å². The minimum atomic E-state index is -0.369. The van der Waals surface area contributed by atoms with Crippen LogP contribution in [0.4, 0.5) is 10.1 Å². The number of rotatable bonds is 5. The Labute approximate surface area is 125 Å². The van der Waals surface area contributed by atoms with Crippen LogP contribution in [0, 0.1) is 12.7 Å². The van der Waals surface area contributed by atoms with E-state index >= 15 is 0 Å². The third kappa shape index (κ3) is 3.16. The summed E-state index contributed by atoms with van der Waals surface area (Å²) in [6.45, 7) is 2.45. The Morgan fingerprint density at radius 3 is 2.52 bits per heavy atom. The lowest BCUT2D eigenvalue weighted by molar-refractivity contribution is 0.386. The summed E-state index contributed by atoms with van der Waals surface area (Å²) < 4.78 is 18.9. The van der Waals surface area contributed by atoms with Crippen molar-refractivity contribution in [3.8, 4) is 5.75 Å². The molecule has 2 rings (SSSR count). The molecule has 0 aliphatic rings. The topological polar surface area (TPSA) is 38.5 Å². The van der Waals surface area contributed by atoms with Gasteiger partial charge in [0, 0.05) is 19.3 Å². The fourth-order valence-electron chi connectivity index (χ4n) is 2.53. The molecule has 2 aromatic rings. The molecule has 4 heteroatoms. The monoisotopic (exact) mass is 288 g/mol. The predicted octanol–water partition coefficient (Wildman–Crippen LogP) is 3.28. The summed E-state index contributed by atoms with van der Waals surface area (Å²) in [6, 6.07) is 13.0. The summed E-state index contributed by atoms with van der Waals surface area (Å²) in [4.78, 5) is 2.08. The Hall–Kier alpha value is -2.07. The van der Waals surface area contributed by atoms with Crippen molar-refractivity contribution in [3.05, 3.63) is 59.4 Å². The summed E-state index contributed by atoms with van der Waals surface area (Å²) in [6.07, 6.45) is 0. The Balaban J connectivity index is 2.35. The van der Waals surface area contributed by atoms with Gasteiger partial charge in [-0.3, -0.25) is 0 Å². The second-order valence-electron chi connectivity index (χ2n) is 5.04. The molecule has 0 spiro atoms. The second kappa shape index (κ2) is 6.59. The zero-order valence-electron chi connectivity index (χ0n) is 12.6. The summed E-state index contributed by atoms with van der Waals surface area (Å²) in [5.41, 5.74) is 9.00. The second-order valence-corrected chi connectivity index (χ2v) is 5.04. The number of nitrogens with two attached hydrogens (primary N) is 1. The molecule has 0 aliphatic heterocycles. The molecule has 0 fully saturated rings. The Morgan fingerprint density at radius 2 is 1.95 bits per heavy atom. The van der Waals surface area contributed by atoms with E-state index in [4.69, 9.17) is 10.5 Å². The van der Waals surface area contributed by atoms with Crippen LogP contribution in [-0.2, 0) is 0 Å².